The zero-order chi connectivity index (χ0) is 13.8. The SMILES string of the molecule is CCN1CCCC1CN(C)c1nnccc1C(=O)O. The second kappa shape index (κ2) is 5.97. The molecule has 0 aromatic carbocycles. The largest absolute Gasteiger partial charge is 0.478 e. The van der Waals surface area contributed by atoms with Crippen LogP contribution in [0.2, 0.25) is 0 Å². The maximum atomic E-state index is 11.2. The molecule has 1 aromatic rings. The molecule has 0 saturated carbocycles. The minimum absolute atomic E-state index is 0.207. The molecular formula is C13H20N4O2. The molecule has 6 nitrogen and oxygen atoms in total. The fourth-order valence-corrected chi connectivity index (χ4v) is 2.69. The zero-order valence-corrected chi connectivity index (χ0v) is 11.4. The van der Waals surface area contributed by atoms with Gasteiger partial charge in [-0.05, 0) is 32.0 Å². The molecule has 1 unspecified atom stereocenters. The predicted molar refractivity (Wildman–Crippen MR) is 72.5 cm³/mol. The van der Waals surface area contributed by atoms with Crippen molar-refractivity contribution in [2.24, 2.45) is 0 Å². The molecule has 0 spiro atoms. The van der Waals surface area contributed by atoms with E-state index in [1.165, 1.54) is 18.7 Å². The maximum absolute atomic E-state index is 11.2. The van der Waals surface area contributed by atoms with Gasteiger partial charge in [-0.1, -0.05) is 6.92 Å². The van der Waals surface area contributed by atoms with Crippen molar-refractivity contribution in [3.63, 3.8) is 0 Å². The summed E-state index contributed by atoms with van der Waals surface area (Å²) in [5.74, 6) is -0.520. The fraction of sp³-hybridized carbons (Fsp3) is 0.615. The number of carboxylic acids is 1. The van der Waals surface area contributed by atoms with Crippen molar-refractivity contribution in [3.05, 3.63) is 17.8 Å². The number of hydrogen-bond acceptors (Lipinski definition) is 5. The first-order chi connectivity index (χ1) is 9.13. The number of nitrogens with zero attached hydrogens (tertiary/aromatic N) is 4. The van der Waals surface area contributed by atoms with Crippen LogP contribution in [0.4, 0.5) is 5.82 Å². The lowest BCUT2D eigenvalue weighted by Gasteiger charge is -2.28. The Bertz CT molecular complexity index is 452. The van der Waals surface area contributed by atoms with Crippen molar-refractivity contribution >= 4 is 11.8 Å². The highest BCUT2D eigenvalue weighted by atomic mass is 16.4. The number of carboxylic acid groups (broad SMARTS) is 1. The highest BCUT2D eigenvalue weighted by Gasteiger charge is 2.25. The van der Waals surface area contributed by atoms with E-state index in [2.05, 4.69) is 22.0 Å². The Labute approximate surface area is 113 Å². The van der Waals surface area contributed by atoms with Gasteiger partial charge in [-0.15, -0.1) is 5.10 Å². The van der Waals surface area contributed by atoms with E-state index in [4.69, 9.17) is 5.11 Å². The average molecular weight is 264 g/mol. The smallest absolute Gasteiger partial charge is 0.339 e. The molecule has 1 saturated heterocycles. The highest BCUT2D eigenvalue weighted by molar-refractivity contribution is 5.93. The lowest BCUT2D eigenvalue weighted by molar-refractivity contribution is 0.0697. The van der Waals surface area contributed by atoms with Gasteiger partial charge in [-0.25, -0.2) is 4.79 Å². The molecule has 0 bridgehead atoms. The normalized spacial score (nSPS) is 19.6. The van der Waals surface area contributed by atoms with Crippen molar-refractivity contribution < 1.29 is 9.90 Å². The van der Waals surface area contributed by atoms with E-state index in [1.807, 2.05) is 11.9 Å². The third-order valence-electron chi connectivity index (χ3n) is 3.68. The summed E-state index contributed by atoms with van der Waals surface area (Å²) in [6.45, 7) is 5.10. The van der Waals surface area contributed by atoms with Crippen molar-refractivity contribution in [1.82, 2.24) is 15.1 Å². The van der Waals surface area contributed by atoms with Crippen LogP contribution < -0.4 is 4.90 Å². The summed E-state index contributed by atoms with van der Waals surface area (Å²) < 4.78 is 0. The van der Waals surface area contributed by atoms with Gasteiger partial charge in [-0.2, -0.15) is 5.10 Å². The molecule has 2 heterocycles. The Morgan fingerprint density at radius 1 is 1.63 bits per heavy atom. The van der Waals surface area contributed by atoms with Crippen LogP contribution in [-0.4, -0.2) is 58.9 Å². The lowest BCUT2D eigenvalue weighted by Crippen LogP contribution is -2.39. The number of aromatic nitrogens is 2. The first kappa shape index (κ1) is 13.7. The minimum Gasteiger partial charge on any atom is -0.478 e. The molecule has 0 amide bonds. The Hall–Kier alpha value is -1.69. The first-order valence-electron chi connectivity index (χ1n) is 6.63. The molecule has 104 valence electrons. The van der Waals surface area contributed by atoms with E-state index >= 15 is 0 Å². The van der Waals surface area contributed by atoms with Crippen molar-refractivity contribution in [1.29, 1.82) is 0 Å². The molecule has 0 radical (unpaired) electrons. The monoisotopic (exact) mass is 264 g/mol. The van der Waals surface area contributed by atoms with Gasteiger partial charge in [0.2, 0.25) is 0 Å². The Morgan fingerprint density at radius 2 is 2.42 bits per heavy atom. The fourth-order valence-electron chi connectivity index (χ4n) is 2.69. The molecule has 1 N–H and O–H groups in total. The van der Waals surface area contributed by atoms with E-state index in [0.29, 0.717) is 11.9 Å². The molecule has 6 heteroatoms. The number of rotatable bonds is 5. The molecule has 1 aliphatic heterocycles. The molecule has 0 aliphatic carbocycles. The third-order valence-corrected chi connectivity index (χ3v) is 3.68. The van der Waals surface area contributed by atoms with Gasteiger partial charge in [0.1, 0.15) is 5.56 Å². The summed E-state index contributed by atoms with van der Waals surface area (Å²) in [6, 6.07) is 1.96. The number of aromatic carboxylic acids is 1. The van der Waals surface area contributed by atoms with Gasteiger partial charge in [0, 0.05) is 19.6 Å². The van der Waals surface area contributed by atoms with E-state index < -0.39 is 5.97 Å². The highest BCUT2D eigenvalue weighted by Crippen LogP contribution is 2.21. The second-order valence-electron chi connectivity index (χ2n) is 4.88. The number of likely N-dealkylation sites (N-methyl/N-ethyl adjacent to an activating group) is 2. The molecule has 19 heavy (non-hydrogen) atoms. The predicted octanol–water partition coefficient (Wildman–Crippen LogP) is 1.10. The summed E-state index contributed by atoms with van der Waals surface area (Å²) >= 11 is 0. The summed E-state index contributed by atoms with van der Waals surface area (Å²) in [6.07, 6.45) is 3.77. The van der Waals surface area contributed by atoms with E-state index in [0.717, 1.165) is 26.1 Å². The van der Waals surface area contributed by atoms with E-state index in [9.17, 15) is 4.79 Å². The van der Waals surface area contributed by atoms with Gasteiger partial charge >= 0.3 is 5.97 Å². The standard InChI is InChI=1S/C13H20N4O2/c1-3-17-8-4-5-10(17)9-16(2)12-11(13(18)19)6-7-14-15-12/h6-7,10H,3-5,8-9H2,1-2H3,(H,18,19). The van der Waals surface area contributed by atoms with Crippen LogP contribution >= 0.6 is 0 Å². The number of anilines is 1. The van der Waals surface area contributed by atoms with Crippen LogP contribution in [0.3, 0.4) is 0 Å². The minimum atomic E-state index is -0.962. The van der Waals surface area contributed by atoms with Crippen LogP contribution in [0.15, 0.2) is 12.3 Å². The summed E-state index contributed by atoms with van der Waals surface area (Å²) in [7, 11) is 1.88. The quantitative estimate of drug-likeness (QED) is 0.858. The van der Waals surface area contributed by atoms with Gasteiger partial charge in [0.25, 0.3) is 0 Å². The maximum Gasteiger partial charge on any atom is 0.339 e. The molecule has 1 aliphatic rings. The molecule has 1 atom stereocenters. The van der Waals surface area contributed by atoms with Crippen molar-refractivity contribution in [2.75, 3.05) is 31.6 Å². The van der Waals surface area contributed by atoms with Crippen LogP contribution in [0, 0.1) is 0 Å². The van der Waals surface area contributed by atoms with Crippen LogP contribution in [0.25, 0.3) is 0 Å². The van der Waals surface area contributed by atoms with Crippen LogP contribution in [0.5, 0.6) is 0 Å². The number of likely N-dealkylation sites (tertiary alicyclic amines) is 1. The number of hydrogen-bond donors (Lipinski definition) is 1. The Balaban J connectivity index is 2.11. The van der Waals surface area contributed by atoms with Gasteiger partial charge < -0.3 is 10.0 Å². The zero-order valence-electron chi connectivity index (χ0n) is 11.4. The molecular weight excluding hydrogens is 244 g/mol. The topological polar surface area (TPSA) is 69.6 Å². The molecule has 1 fully saturated rings. The molecule has 1 aromatic heterocycles. The van der Waals surface area contributed by atoms with Gasteiger partial charge in [-0.3, -0.25) is 4.90 Å². The first-order valence-corrected chi connectivity index (χ1v) is 6.63. The van der Waals surface area contributed by atoms with Crippen LogP contribution in [0.1, 0.15) is 30.1 Å². The van der Waals surface area contributed by atoms with Crippen molar-refractivity contribution in [3.8, 4) is 0 Å². The van der Waals surface area contributed by atoms with Crippen LogP contribution in [-0.2, 0) is 0 Å². The van der Waals surface area contributed by atoms with Gasteiger partial charge in [0.05, 0.1) is 6.20 Å². The van der Waals surface area contributed by atoms with E-state index in [-0.39, 0.29) is 5.56 Å². The molecule has 2 rings (SSSR count). The summed E-state index contributed by atoms with van der Waals surface area (Å²) in [5, 5.41) is 16.9. The second-order valence-corrected chi connectivity index (χ2v) is 4.88. The average Bonchev–Trinajstić information content (AvgIpc) is 2.85. The van der Waals surface area contributed by atoms with Crippen molar-refractivity contribution in [2.45, 2.75) is 25.8 Å². The van der Waals surface area contributed by atoms with Gasteiger partial charge in [0.15, 0.2) is 5.82 Å². The summed E-state index contributed by atoms with van der Waals surface area (Å²) in [5.41, 5.74) is 0.207. The Kier molecular flexibility index (Phi) is 4.31. The Morgan fingerprint density at radius 3 is 3.11 bits per heavy atom. The number of carbonyl (C=O) groups is 1. The van der Waals surface area contributed by atoms with E-state index in [1.54, 1.807) is 0 Å². The third kappa shape index (κ3) is 3.01. The summed E-state index contributed by atoms with van der Waals surface area (Å²) in [4.78, 5) is 15.5. The lowest BCUT2D eigenvalue weighted by atomic mass is 10.2.